The summed E-state index contributed by atoms with van der Waals surface area (Å²) in [5.41, 5.74) is -0.585. The van der Waals surface area contributed by atoms with Gasteiger partial charge in [0.15, 0.2) is 0 Å². The smallest absolute Gasteiger partial charge is 0.266 e. The van der Waals surface area contributed by atoms with Crippen LogP contribution in [0.2, 0.25) is 0 Å². The van der Waals surface area contributed by atoms with Gasteiger partial charge in [-0.3, -0.25) is 9.36 Å². The second kappa shape index (κ2) is 9.34. The fourth-order valence-corrected chi connectivity index (χ4v) is 4.63. The highest BCUT2D eigenvalue weighted by Gasteiger charge is 2.38. The maximum absolute atomic E-state index is 14.7. The van der Waals surface area contributed by atoms with Crippen LogP contribution in [0.3, 0.4) is 0 Å². The number of aromatic nitrogens is 3. The minimum absolute atomic E-state index is 0.0956. The molecule has 0 aliphatic carbocycles. The van der Waals surface area contributed by atoms with Crippen LogP contribution in [0.15, 0.2) is 35.4 Å². The second-order valence-corrected chi connectivity index (χ2v) is 8.80. The van der Waals surface area contributed by atoms with Gasteiger partial charge in [0.1, 0.15) is 29.2 Å². The van der Waals surface area contributed by atoms with E-state index in [1.54, 1.807) is 27.1 Å². The van der Waals surface area contributed by atoms with Crippen molar-refractivity contribution in [2.24, 2.45) is 7.05 Å². The zero-order chi connectivity index (χ0) is 24.6. The Labute approximate surface area is 195 Å². The number of hydrogen-bond acceptors (Lipinski definition) is 6. The summed E-state index contributed by atoms with van der Waals surface area (Å²) in [7, 11) is 5.27. The van der Waals surface area contributed by atoms with Gasteiger partial charge in [-0.25, -0.2) is 23.1 Å². The number of likely N-dealkylation sites (tertiary alicyclic amines) is 1. The fraction of sp³-hybridized carbons (Fsp3) is 0.458. The maximum Gasteiger partial charge on any atom is 0.266 e. The number of benzene rings is 1. The zero-order valence-electron chi connectivity index (χ0n) is 19.6. The van der Waals surface area contributed by atoms with E-state index in [4.69, 9.17) is 4.74 Å². The number of halogens is 3. The molecule has 3 heterocycles. The maximum atomic E-state index is 14.7. The molecule has 1 atom stereocenters. The van der Waals surface area contributed by atoms with E-state index in [1.165, 1.54) is 23.0 Å². The molecule has 3 aromatic rings. The Bertz CT molecular complexity index is 1260. The molecule has 1 N–H and O–H groups in total. The number of methoxy groups -OCH3 is 1. The summed E-state index contributed by atoms with van der Waals surface area (Å²) in [6.45, 7) is 3.22. The SMILES string of the molecule is COC1(c2cc3c(N[C@H](C)c4cccc(C(F)F)c4F)ncnc3n(C)c2=O)CCN(C)CC1. The molecule has 2 aromatic heterocycles. The summed E-state index contributed by atoms with van der Waals surface area (Å²) in [4.78, 5) is 24.1. The Morgan fingerprint density at radius 3 is 2.47 bits per heavy atom. The number of nitrogens with zero attached hydrogens (tertiary/aromatic N) is 4. The van der Waals surface area contributed by atoms with Gasteiger partial charge in [-0.1, -0.05) is 18.2 Å². The van der Waals surface area contributed by atoms with Crippen molar-refractivity contribution in [1.82, 2.24) is 19.4 Å². The van der Waals surface area contributed by atoms with Crippen LogP contribution in [-0.2, 0) is 17.4 Å². The van der Waals surface area contributed by atoms with Crippen LogP contribution in [0.25, 0.3) is 11.0 Å². The Morgan fingerprint density at radius 2 is 1.82 bits per heavy atom. The summed E-state index contributed by atoms with van der Waals surface area (Å²) in [6.07, 6.45) is -0.299. The first-order chi connectivity index (χ1) is 16.2. The summed E-state index contributed by atoms with van der Waals surface area (Å²) < 4.78 is 48.4. The predicted molar refractivity (Wildman–Crippen MR) is 124 cm³/mol. The third kappa shape index (κ3) is 4.16. The Balaban J connectivity index is 1.80. The highest BCUT2D eigenvalue weighted by molar-refractivity contribution is 5.87. The molecule has 1 fully saturated rings. The second-order valence-electron chi connectivity index (χ2n) is 8.80. The number of alkyl halides is 2. The van der Waals surface area contributed by atoms with E-state index in [0.717, 1.165) is 19.2 Å². The van der Waals surface area contributed by atoms with Crippen molar-refractivity contribution in [3.63, 3.8) is 0 Å². The van der Waals surface area contributed by atoms with Crippen LogP contribution in [0.1, 0.15) is 48.9 Å². The van der Waals surface area contributed by atoms with Gasteiger partial charge in [-0.05, 0) is 32.9 Å². The average Bonchev–Trinajstić information content (AvgIpc) is 2.82. The fourth-order valence-electron chi connectivity index (χ4n) is 4.63. The van der Waals surface area contributed by atoms with Crippen LogP contribution in [-0.4, -0.2) is 46.7 Å². The molecular formula is C24H28F3N5O2. The molecule has 0 spiro atoms. The van der Waals surface area contributed by atoms with Crippen LogP contribution in [0, 0.1) is 5.82 Å². The van der Waals surface area contributed by atoms with E-state index >= 15 is 0 Å². The van der Waals surface area contributed by atoms with Gasteiger partial charge in [0.05, 0.1) is 22.6 Å². The normalized spacial score (nSPS) is 17.3. The number of aryl methyl sites for hydroxylation is 1. The number of nitrogens with one attached hydrogen (secondary N) is 1. The lowest BCUT2D eigenvalue weighted by Gasteiger charge is -2.39. The van der Waals surface area contributed by atoms with Crippen molar-refractivity contribution in [1.29, 1.82) is 0 Å². The topological polar surface area (TPSA) is 72.3 Å². The molecule has 0 bridgehead atoms. The van der Waals surface area contributed by atoms with Crippen molar-refractivity contribution in [3.05, 3.63) is 63.5 Å². The molecule has 182 valence electrons. The van der Waals surface area contributed by atoms with E-state index < -0.39 is 29.4 Å². The lowest BCUT2D eigenvalue weighted by molar-refractivity contribution is -0.0595. The lowest BCUT2D eigenvalue weighted by atomic mass is 9.84. The number of piperidine rings is 1. The first-order valence-corrected chi connectivity index (χ1v) is 11.1. The van der Waals surface area contributed by atoms with Gasteiger partial charge >= 0.3 is 0 Å². The van der Waals surface area contributed by atoms with Gasteiger partial charge in [0.2, 0.25) is 0 Å². The van der Waals surface area contributed by atoms with Crippen molar-refractivity contribution < 1.29 is 17.9 Å². The first-order valence-electron chi connectivity index (χ1n) is 11.1. The number of rotatable bonds is 6. The van der Waals surface area contributed by atoms with Crippen molar-refractivity contribution >= 4 is 16.9 Å². The van der Waals surface area contributed by atoms with Crippen molar-refractivity contribution in [2.75, 3.05) is 32.6 Å². The molecule has 1 saturated heterocycles. The monoisotopic (exact) mass is 475 g/mol. The number of ether oxygens (including phenoxy) is 1. The van der Waals surface area contributed by atoms with Gasteiger partial charge in [0.25, 0.3) is 12.0 Å². The molecule has 1 aromatic carbocycles. The number of hydrogen-bond donors (Lipinski definition) is 1. The van der Waals surface area contributed by atoms with Crippen LogP contribution in [0.5, 0.6) is 0 Å². The van der Waals surface area contributed by atoms with Crippen LogP contribution in [0.4, 0.5) is 19.0 Å². The largest absolute Gasteiger partial charge is 0.373 e. The molecule has 34 heavy (non-hydrogen) atoms. The molecule has 0 radical (unpaired) electrons. The Hall–Kier alpha value is -2.98. The Morgan fingerprint density at radius 1 is 1.15 bits per heavy atom. The number of anilines is 1. The van der Waals surface area contributed by atoms with E-state index in [-0.39, 0.29) is 11.1 Å². The molecule has 0 saturated carbocycles. The summed E-state index contributed by atoms with van der Waals surface area (Å²) in [6, 6.07) is 5.01. The third-order valence-electron chi connectivity index (χ3n) is 6.79. The van der Waals surface area contributed by atoms with Gasteiger partial charge in [-0.2, -0.15) is 0 Å². The first kappa shape index (κ1) is 24.2. The molecule has 4 rings (SSSR count). The molecular weight excluding hydrogens is 447 g/mol. The summed E-state index contributed by atoms with van der Waals surface area (Å²) in [5.74, 6) is -0.580. The van der Waals surface area contributed by atoms with E-state index in [9.17, 15) is 18.0 Å². The third-order valence-corrected chi connectivity index (χ3v) is 6.79. The zero-order valence-corrected chi connectivity index (χ0v) is 19.6. The predicted octanol–water partition coefficient (Wildman–Crippen LogP) is 4.15. The van der Waals surface area contributed by atoms with Crippen molar-refractivity contribution in [3.8, 4) is 0 Å². The highest BCUT2D eigenvalue weighted by atomic mass is 19.3. The van der Waals surface area contributed by atoms with Gasteiger partial charge in [0, 0.05) is 32.8 Å². The van der Waals surface area contributed by atoms with Gasteiger partial charge < -0.3 is 15.0 Å². The minimum Gasteiger partial charge on any atom is -0.373 e. The van der Waals surface area contributed by atoms with E-state index in [2.05, 4.69) is 20.2 Å². The highest BCUT2D eigenvalue weighted by Crippen LogP contribution is 2.36. The standard InChI is InChI=1S/C24H28F3N5O2/c1-14(15-6-5-7-16(19(15)25)20(26)27)30-21-17-12-18(23(33)32(3)22(17)29-13-28-21)24(34-4)8-10-31(2)11-9-24/h5-7,12-14,20H,8-11H2,1-4H3,(H,28,29,30)/t14-/m1/s1. The minimum atomic E-state index is -2.91. The summed E-state index contributed by atoms with van der Waals surface area (Å²) >= 11 is 0. The van der Waals surface area contributed by atoms with E-state index in [0.29, 0.717) is 35.3 Å². The molecule has 7 nitrogen and oxygen atoms in total. The Kier molecular flexibility index (Phi) is 6.64. The van der Waals surface area contributed by atoms with Gasteiger partial charge in [-0.15, -0.1) is 0 Å². The van der Waals surface area contributed by atoms with Crippen molar-refractivity contribution in [2.45, 2.75) is 37.8 Å². The lowest BCUT2D eigenvalue weighted by Crippen LogP contribution is -2.45. The number of pyridine rings is 1. The molecule has 0 unspecified atom stereocenters. The van der Waals surface area contributed by atoms with Crippen LogP contribution >= 0.6 is 0 Å². The van der Waals surface area contributed by atoms with Crippen LogP contribution < -0.4 is 10.9 Å². The molecule has 1 aliphatic heterocycles. The quantitative estimate of drug-likeness (QED) is 0.578. The summed E-state index contributed by atoms with van der Waals surface area (Å²) in [5, 5.41) is 3.68. The van der Waals surface area contributed by atoms with E-state index in [1.807, 2.05) is 7.05 Å². The average molecular weight is 476 g/mol. The molecule has 10 heteroatoms. The number of fused-ring (bicyclic) bond motifs is 1. The molecule has 0 amide bonds. The molecule has 1 aliphatic rings.